The molecule has 1 amide bonds. The van der Waals surface area contributed by atoms with Crippen LogP contribution in [0.1, 0.15) is 0 Å². The molecule has 0 atom stereocenters. The van der Waals surface area contributed by atoms with Crippen molar-refractivity contribution in [3.8, 4) is 16.9 Å². The minimum atomic E-state index is -0.297. The molecule has 0 bridgehead atoms. The number of hydrogen-bond acceptors (Lipinski definition) is 8. The number of pyridine rings is 1. The van der Waals surface area contributed by atoms with Crippen LogP contribution in [0.4, 0.5) is 23.0 Å². The first kappa shape index (κ1) is 25.4. The zero-order valence-corrected chi connectivity index (χ0v) is 22.2. The van der Waals surface area contributed by atoms with Crippen molar-refractivity contribution < 1.29 is 9.53 Å². The molecule has 10 heteroatoms. The van der Waals surface area contributed by atoms with Gasteiger partial charge in [-0.3, -0.25) is 9.78 Å². The van der Waals surface area contributed by atoms with Gasteiger partial charge in [0, 0.05) is 60.3 Å². The molecule has 1 aliphatic heterocycles. The van der Waals surface area contributed by atoms with E-state index < -0.39 is 0 Å². The summed E-state index contributed by atoms with van der Waals surface area (Å²) < 4.78 is 5.72. The van der Waals surface area contributed by atoms with Crippen LogP contribution in [-0.2, 0) is 4.79 Å². The van der Waals surface area contributed by atoms with Gasteiger partial charge in [0.25, 0.3) is 0 Å². The number of carbonyl (C=O) groups is 1. The summed E-state index contributed by atoms with van der Waals surface area (Å²) in [6.45, 7) is 5.27. The number of halogens is 1. The fraction of sp³-hybridized carbons (Fsp3) is 0.214. The van der Waals surface area contributed by atoms with Gasteiger partial charge in [0.05, 0.1) is 34.7 Å². The summed E-state index contributed by atoms with van der Waals surface area (Å²) in [5.74, 6) is 0.679. The Morgan fingerprint density at radius 2 is 2.00 bits per heavy atom. The van der Waals surface area contributed by atoms with E-state index in [9.17, 15) is 4.79 Å². The monoisotopic (exact) mass is 529 g/mol. The lowest BCUT2D eigenvalue weighted by Crippen LogP contribution is -2.57. The molecule has 0 unspecified atom stereocenters. The van der Waals surface area contributed by atoms with E-state index >= 15 is 0 Å². The number of benzene rings is 2. The molecule has 2 aromatic carbocycles. The second kappa shape index (κ2) is 10.6. The molecule has 3 heterocycles. The molecule has 38 heavy (non-hydrogen) atoms. The van der Waals surface area contributed by atoms with Crippen LogP contribution in [0.2, 0.25) is 5.02 Å². The maximum absolute atomic E-state index is 12.3. The molecule has 0 aliphatic carbocycles. The summed E-state index contributed by atoms with van der Waals surface area (Å²) in [6, 6.07) is 11.9. The molecule has 0 radical (unpaired) electrons. The van der Waals surface area contributed by atoms with Crippen molar-refractivity contribution in [3.05, 3.63) is 72.7 Å². The van der Waals surface area contributed by atoms with Crippen LogP contribution in [0.3, 0.4) is 0 Å². The highest BCUT2D eigenvalue weighted by atomic mass is 35.5. The summed E-state index contributed by atoms with van der Waals surface area (Å²) in [5, 5.41) is 7.63. The van der Waals surface area contributed by atoms with Crippen LogP contribution in [0.25, 0.3) is 22.0 Å². The van der Waals surface area contributed by atoms with Crippen molar-refractivity contribution in [2.24, 2.45) is 0 Å². The van der Waals surface area contributed by atoms with Gasteiger partial charge < -0.3 is 25.2 Å². The van der Waals surface area contributed by atoms with E-state index in [0.717, 1.165) is 40.8 Å². The van der Waals surface area contributed by atoms with Gasteiger partial charge in [0.1, 0.15) is 5.75 Å². The number of methoxy groups -OCH3 is 1. The van der Waals surface area contributed by atoms with E-state index in [1.807, 2.05) is 36.4 Å². The molecule has 194 valence electrons. The van der Waals surface area contributed by atoms with Gasteiger partial charge in [-0.1, -0.05) is 36.4 Å². The van der Waals surface area contributed by atoms with Crippen LogP contribution in [-0.4, -0.2) is 66.1 Å². The first-order valence-electron chi connectivity index (χ1n) is 12.1. The van der Waals surface area contributed by atoms with Crippen molar-refractivity contribution in [2.45, 2.75) is 6.04 Å². The van der Waals surface area contributed by atoms with Gasteiger partial charge in [-0.15, -0.1) is 0 Å². The number of anilines is 4. The Bertz CT molecular complexity index is 1520. The zero-order valence-electron chi connectivity index (χ0n) is 21.4. The minimum absolute atomic E-state index is 0.297. The number of carbonyl (C=O) groups excluding carboxylic acids is 1. The predicted molar refractivity (Wildman–Crippen MR) is 153 cm³/mol. The van der Waals surface area contributed by atoms with Gasteiger partial charge in [-0.25, -0.2) is 9.97 Å². The molecule has 0 spiro atoms. The van der Waals surface area contributed by atoms with Gasteiger partial charge in [0.15, 0.2) is 0 Å². The van der Waals surface area contributed by atoms with Crippen LogP contribution >= 0.6 is 11.6 Å². The Hall–Kier alpha value is -4.21. The molecule has 1 aliphatic rings. The number of rotatable bonds is 8. The largest absolute Gasteiger partial charge is 0.494 e. The number of nitrogens with one attached hydrogen (secondary N) is 2. The Morgan fingerprint density at radius 3 is 2.71 bits per heavy atom. The molecule has 9 nitrogen and oxygen atoms in total. The average molecular weight is 530 g/mol. The fourth-order valence-electron chi connectivity index (χ4n) is 4.39. The van der Waals surface area contributed by atoms with Gasteiger partial charge in [-0.2, -0.15) is 0 Å². The van der Waals surface area contributed by atoms with Crippen LogP contribution < -0.4 is 20.3 Å². The molecule has 5 rings (SSSR count). The van der Waals surface area contributed by atoms with Crippen molar-refractivity contribution in [2.75, 3.05) is 49.8 Å². The Morgan fingerprint density at radius 1 is 1.18 bits per heavy atom. The standard InChI is InChI=1S/C28H28ClN7O2/c1-5-26(37)32-22-10-23(25(38-4)11-24(22)36-15-20(16-36)35(2)3)33-28-31-13-17-7-6-8-21(27(17)34-28)18-9-19(29)14-30-12-18/h5-14,20H,1,15-16H2,2-4H3,(H,32,37)(H,31,33,34). The van der Waals surface area contributed by atoms with Crippen molar-refractivity contribution >= 4 is 51.4 Å². The number of hydrogen-bond donors (Lipinski definition) is 2. The molecule has 2 N–H and O–H groups in total. The van der Waals surface area contributed by atoms with Crippen molar-refractivity contribution in [1.29, 1.82) is 0 Å². The number of ether oxygens (including phenoxy) is 1. The third kappa shape index (κ3) is 5.11. The normalized spacial score (nSPS) is 13.3. The number of para-hydroxylation sites is 1. The molecule has 1 saturated heterocycles. The predicted octanol–water partition coefficient (Wildman–Crippen LogP) is 4.97. The lowest BCUT2D eigenvalue weighted by Gasteiger charge is -2.45. The number of amides is 1. The molecule has 4 aromatic rings. The summed E-state index contributed by atoms with van der Waals surface area (Å²) in [4.78, 5) is 30.2. The van der Waals surface area contributed by atoms with E-state index in [1.54, 1.807) is 25.7 Å². The summed E-state index contributed by atoms with van der Waals surface area (Å²) >= 11 is 6.19. The minimum Gasteiger partial charge on any atom is -0.494 e. The van der Waals surface area contributed by atoms with Gasteiger partial charge >= 0.3 is 0 Å². The Balaban J connectivity index is 1.52. The smallest absolute Gasteiger partial charge is 0.247 e. The maximum Gasteiger partial charge on any atom is 0.247 e. The van der Waals surface area contributed by atoms with Gasteiger partial charge in [-0.05, 0) is 32.3 Å². The SMILES string of the molecule is C=CC(=O)Nc1cc(Nc2ncc3cccc(-c4cncc(Cl)c4)c3n2)c(OC)cc1N1CC(N(C)C)C1. The van der Waals surface area contributed by atoms with E-state index in [0.29, 0.717) is 34.1 Å². The second-order valence-electron chi connectivity index (χ2n) is 9.24. The van der Waals surface area contributed by atoms with E-state index in [4.69, 9.17) is 21.3 Å². The van der Waals surface area contributed by atoms with E-state index in [-0.39, 0.29) is 5.91 Å². The second-order valence-corrected chi connectivity index (χ2v) is 9.68. The summed E-state index contributed by atoms with van der Waals surface area (Å²) in [5.41, 5.74) is 4.62. The van der Waals surface area contributed by atoms with Crippen LogP contribution in [0.15, 0.2) is 67.6 Å². The quantitative estimate of drug-likeness (QED) is 0.309. The molecular formula is C28H28ClN7O2. The highest BCUT2D eigenvalue weighted by molar-refractivity contribution is 6.30. The number of fused-ring (bicyclic) bond motifs is 1. The lowest BCUT2D eigenvalue weighted by atomic mass is 10.0. The Kier molecular flexibility index (Phi) is 7.13. The van der Waals surface area contributed by atoms with Crippen LogP contribution in [0.5, 0.6) is 5.75 Å². The Labute approximate surface area is 226 Å². The van der Waals surface area contributed by atoms with Crippen molar-refractivity contribution in [3.63, 3.8) is 0 Å². The molecular weight excluding hydrogens is 502 g/mol. The number of aromatic nitrogens is 3. The molecule has 1 fully saturated rings. The first-order valence-corrected chi connectivity index (χ1v) is 12.4. The fourth-order valence-corrected chi connectivity index (χ4v) is 4.56. The highest BCUT2D eigenvalue weighted by Gasteiger charge is 2.31. The average Bonchev–Trinajstić information content (AvgIpc) is 2.88. The third-order valence-corrected chi connectivity index (χ3v) is 6.77. The van der Waals surface area contributed by atoms with Gasteiger partial charge in [0.2, 0.25) is 11.9 Å². The third-order valence-electron chi connectivity index (χ3n) is 6.57. The highest BCUT2D eigenvalue weighted by Crippen LogP contribution is 2.40. The van der Waals surface area contributed by atoms with E-state index in [2.05, 4.69) is 51.1 Å². The summed E-state index contributed by atoms with van der Waals surface area (Å²) in [7, 11) is 5.73. The summed E-state index contributed by atoms with van der Waals surface area (Å²) in [6.07, 6.45) is 6.35. The molecule has 2 aromatic heterocycles. The topological polar surface area (TPSA) is 95.5 Å². The maximum atomic E-state index is 12.3. The number of nitrogens with zero attached hydrogens (tertiary/aromatic N) is 5. The zero-order chi connectivity index (χ0) is 26.8. The first-order chi connectivity index (χ1) is 18.4. The lowest BCUT2D eigenvalue weighted by molar-refractivity contribution is -0.111. The van der Waals surface area contributed by atoms with E-state index in [1.165, 1.54) is 6.08 Å². The number of likely N-dealkylation sites (N-methyl/N-ethyl adjacent to an activating group) is 1. The van der Waals surface area contributed by atoms with Crippen molar-refractivity contribution in [1.82, 2.24) is 19.9 Å². The molecule has 0 saturated carbocycles. The van der Waals surface area contributed by atoms with Crippen LogP contribution in [0, 0.1) is 0 Å².